The fourth-order valence-electron chi connectivity index (χ4n) is 1.91. The Morgan fingerprint density at radius 3 is 2.43 bits per heavy atom. The molecule has 1 nitrogen and oxygen atoms in total. The summed E-state index contributed by atoms with van der Waals surface area (Å²) in [7, 11) is 0. The van der Waals surface area contributed by atoms with E-state index in [1.165, 1.54) is 12.8 Å². The molecule has 2 rings (SSSR count). The van der Waals surface area contributed by atoms with Crippen LogP contribution in [0, 0.1) is 0 Å². The maximum absolute atomic E-state index is 6.19. The van der Waals surface area contributed by atoms with Gasteiger partial charge in [-0.25, -0.2) is 0 Å². The Kier molecular flexibility index (Phi) is 2.40. The van der Waals surface area contributed by atoms with Crippen LogP contribution in [-0.4, -0.2) is 4.98 Å². The van der Waals surface area contributed by atoms with Crippen molar-refractivity contribution in [1.29, 1.82) is 0 Å². The SMILES string of the molecule is C=Cc1[nH]c(C2(CC)CC2)c(Cl)c1Cl. The highest BCUT2D eigenvalue weighted by atomic mass is 35.5. The number of hydrogen-bond acceptors (Lipinski definition) is 0. The van der Waals surface area contributed by atoms with Gasteiger partial charge in [-0.15, -0.1) is 0 Å². The number of H-pyrrole nitrogens is 1. The third-order valence-corrected chi connectivity index (χ3v) is 4.04. The number of hydrogen-bond donors (Lipinski definition) is 1. The summed E-state index contributed by atoms with van der Waals surface area (Å²) in [5.41, 5.74) is 2.20. The second-order valence-electron chi connectivity index (χ2n) is 3.88. The molecule has 1 aromatic rings. The summed E-state index contributed by atoms with van der Waals surface area (Å²) in [6.07, 6.45) is 5.23. The molecular weight excluding hydrogens is 217 g/mol. The molecule has 1 fully saturated rings. The molecule has 1 saturated carbocycles. The maximum Gasteiger partial charge on any atom is 0.0844 e. The summed E-state index contributed by atoms with van der Waals surface area (Å²) >= 11 is 12.3. The van der Waals surface area contributed by atoms with E-state index in [-0.39, 0.29) is 5.41 Å². The van der Waals surface area contributed by atoms with Crippen molar-refractivity contribution < 1.29 is 0 Å². The molecule has 1 aliphatic rings. The molecule has 1 aromatic heterocycles. The normalized spacial score (nSPS) is 18.2. The number of nitrogens with one attached hydrogen (secondary N) is 1. The van der Waals surface area contributed by atoms with Crippen LogP contribution in [0.4, 0.5) is 0 Å². The van der Waals surface area contributed by atoms with Crippen LogP contribution < -0.4 is 0 Å². The zero-order valence-corrected chi connectivity index (χ0v) is 9.67. The molecule has 0 aliphatic heterocycles. The summed E-state index contributed by atoms with van der Waals surface area (Å²) in [5.74, 6) is 0. The number of halogens is 2. The van der Waals surface area contributed by atoms with Gasteiger partial charge in [-0.2, -0.15) is 0 Å². The molecular formula is C11H13Cl2N. The van der Waals surface area contributed by atoms with Crippen molar-refractivity contribution in [2.45, 2.75) is 31.6 Å². The van der Waals surface area contributed by atoms with Gasteiger partial charge in [-0.05, 0) is 25.3 Å². The lowest BCUT2D eigenvalue weighted by molar-refractivity contribution is 0.645. The molecule has 76 valence electrons. The van der Waals surface area contributed by atoms with Gasteiger partial charge in [0.25, 0.3) is 0 Å². The molecule has 1 N–H and O–H groups in total. The Morgan fingerprint density at radius 1 is 1.43 bits per heavy atom. The van der Waals surface area contributed by atoms with Crippen LogP contribution in [0.1, 0.15) is 37.6 Å². The van der Waals surface area contributed by atoms with E-state index in [0.717, 1.165) is 17.8 Å². The summed E-state index contributed by atoms with van der Waals surface area (Å²) in [6, 6.07) is 0. The van der Waals surface area contributed by atoms with Crippen LogP contribution in [0.2, 0.25) is 10.0 Å². The zero-order chi connectivity index (χ0) is 10.3. The molecule has 1 heterocycles. The smallest absolute Gasteiger partial charge is 0.0844 e. The Balaban J connectivity index is 2.49. The lowest BCUT2D eigenvalue weighted by atomic mass is 10.00. The highest BCUT2D eigenvalue weighted by Gasteiger charge is 2.45. The first-order chi connectivity index (χ1) is 6.64. The fraction of sp³-hybridized carbons (Fsp3) is 0.455. The van der Waals surface area contributed by atoms with E-state index >= 15 is 0 Å². The van der Waals surface area contributed by atoms with E-state index < -0.39 is 0 Å². The minimum absolute atomic E-state index is 0.266. The monoisotopic (exact) mass is 229 g/mol. The van der Waals surface area contributed by atoms with Gasteiger partial charge in [-0.1, -0.05) is 36.7 Å². The van der Waals surface area contributed by atoms with Crippen molar-refractivity contribution in [2.24, 2.45) is 0 Å². The van der Waals surface area contributed by atoms with Gasteiger partial charge >= 0.3 is 0 Å². The Morgan fingerprint density at radius 2 is 2.07 bits per heavy atom. The maximum atomic E-state index is 6.19. The molecule has 0 unspecified atom stereocenters. The summed E-state index contributed by atoms with van der Waals surface area (Å²) in [5, 5.41) is 1.29. The molecule has 1 aliphatic carbocycles. The average Bonchev–Trinajstić information content (AvgIpc) is 2.93. The van der Waals surface area contributed by atoms with Crippen LogP contribution in [0.5, 0.6) is 0 Å². The quantitative estimate of drug-likeness (QED) is 0.791. The van der Waals surface area contributed by atoms with E-state index in [4.69, 9.17) is 23.2 Å². The molecule has 0 atom stereocenters. The molecule has 0 saturated heterocycles. The minimum atomic E-state index is 0.266. The summed E-state index contributed by atoms with van der Waals surface area (Å²) in [6.45, 7) is 5.89. The minimum Gasteiger partial charge on any atom is -0.356 e. The highest BCUT2D eigenvalue weighted by molar-refractivity contribution is 6.43. The predicted molar refractivity (Wildman–Crippen MR) is 62.1 cm³/mol. The third-order valence-electron chi connectivity index (χ3n) is 3.17. The number of aromatic nitrogens is 1. The van der Waals surface area contributed by atoms with Gasteiger partial charge in [0.1, 0.15) is 0 Å². The van der Waals surface area contributed by atoms with E-state index in [9.17, 15) is 0 Å². The second-order valence-corrected chi connectivity index (χ2v) is 4.64. The van der Waals surface area contributed by atoms with Crippen LogP contribution in [0.3, 0.4) is 0 Å². The lowest BCUT2D eigenvalue weighted by Gasteiger charge is -2.10. The molecule has 0 aromatic carbocycles. The lowest BCUT2D eigenvalue weighted by Crippen LogP contribution is -2.05. The molecule has 0 bridgehead atoms. The topological polar surface area (TPSA) is 15.8 Å². The van der Waals surface area contributed by atoms with Crippen molar-refractivity contribution in [2.75, 3.05) is 0 Å². The first-order valence-electron chi connectivity index (χ1n) is 4.84. The van der Waals surface area contributed by atoms with Gasteiger partial charge in [0, 0.05) is 11.1 Å². The number of aromatic amines is 1. The third kappa shape index (κ3) is 1.31. The molecule has 0 amide bonds. The Bertz CT molecular complexity index is 375. The zero-order valence-electron chi connectivity index (χ0n) is 8.16. The van der Waals surface area contributed by atoms with E-state index in [1.54, 1.807) is 6.08 Å². The molecule has 0 radical (unpaired) electrons. The van der Waals surface area contributed by atoms with Gasteiger partial charge < -0.3 is 4.98 Å². The Labute approximate surface area is 94.1 Å². The van der Waals surface area contributed by atoms with E-state index in [0.29, 0.717) is 10.0 Å². The van der Waals surface area contributed by atoms with Gasteiger partial charge in [0.15, 0.2) is 0 Å². The van der Waals surface area contributed by atoms with Crippen LogP contribution in [0.25, 0.3) is 6.08 Å². The first-order valence-corrected chi connectivity index (χ1v) is 5.60. The van der Waals surface area contributed by atoms with Gasteiger partial charge in [0.2, 0.25) is 0 Å². The summed E-state index contributed by atoms with van der Waals surface area (Å²) < 4.78 is 0. The van der Waals surface area contributed by atoms with E-state index in [2.05, 4.69) is 18.5 Å². The second kappa shape index (κ2) is 3.32. The van der Waals surface area contributed by atoms with E-state index in [1.807, 2.05) is 0 Å². The molecule has 3 heteroatoms. The predicted octanol–water partition coefficient (Wildman–Crippen LogP) is 4.41. The average molecular weight is 230 g/mol. The Hall–Kier alpha value is -0.400. The van der Waals surface area contributed by atoms with Crippen molar-refractivity contribution in [3.8, 4) is 0 Å². The summed E-state index contributed by atoms with van der Waals surface area (Å²) in [4.78, 5) is 3.27. The standard InChI is InChI=1S/C11H13Cl2N/c1-3-7-8(12)9(13)10(14-7)11(4-2)5-6-11/h3,14H,1,4-6H2,2H3. The van der Waals surface area contributed by atoms with Crippen molar-refractivity contribution in [3.05, 3.63) is 28.0 Å². The van der Waals surface area contributed by atoms with Gasteiger partial charge in [0.05, 0.1) is 15.7 Å². The number of rotatable bonds is 3. The molecule has 0 spiro atoms. The highest BCUT2D eigenvalue weighted by Crippen LogP contribution is 2.54. The van der Waals surface area contributed by atoms with Gasteiger partial charge in [-0.3, -0.25) is 0 Å². The van der Waals surface area contributed by atoms with Crippen molar-refractivity contribution in [1.82, 2.24) is 4.98 Å². The van der Waals surface area contributed by atoms with Crippen LogP contribution >= 0.6 is 23.2 Å². The van der Waals surface area contributed by atoms with Crippen molar-refractivity contribution in [3.63, 3.8) is 0 Å². The molecule has 14 heavy (non-hydrogen) atoms. The fourth-order valence-corrected chi connectivity index (χ4v) is 2.48. The largest absolute Gasteiger partial charge is 0.356 e. The van der Waals surface area contributed by atoms with Crippen LogP contribution in [-0.2, 0) is 5.41 Å². The van der Waals surface area contributed by atoms with Crippen molar-refractivity contribution >= 4 is 29.3 Å². The first kappa shape index (κ1) is 10.1. The van der Waals surface area contributed by atoms with Crippen LogP contribution in [0.15, 0.2) is 6.58 Å².